The lowest BCUT2D eigenvalue weighted by Crippen LogP contribution is -2.73. The van der Waals surface area contributed by atoms with Gasteiger partial charge in [0.05, 0.1) is 12.5 Å². The van der Waals surface area contributed by atoms with E-state index in [2.05, 4.69) is 5.32 Å². The molecule has 9 heteroatoms. The zero-order valence-electron chi connectivity index (χ0n) is 17.3. The molecule has 0 aromatic rings. The molecular formula is C18H32N2O7. The third kappa shape index (κ3) is 5.41. The summed E-state index contributed by atoms with van der Waals surface area (Å²) >= 11 is 0. The number of carboxylic acids is 2. The van der Waals surface area contributed by atoms with Crippen molar-refractivity contribution in [1.29, 1.82) is 0 Å². The lowest BCUT2D eigenvalue weighted by Gasteiger charge is -2.50. The molecule has 0 saturated heterocycles. The van der Waals surface area contributed by atoms with Gasteiger partial charge in [-0.3, -0.25) is 14.9 Å². The molecule has 27 heavy (non-hydrogen) atoms. The maximum absolute atomic E-state index is 13.1. The quantitative estimate of drug-likeness (QED) is 0.481. The topological polar surface area (TPSA) is 156 Å². The Kier molecular flexibility index (Phi) is 7.21. The van der Waals surface area contributed by atoms with Gasteiger partial charge in [0.15, 0.2) is 5.78 Å². The summed E-state index contributed by atoms with van der Waals surface area (Å²) in [6, 6.07) is -1.63. The standard InChI is InChI=1S/C18H32N2O7/c1-15(2,3)17(7,8)18(13(24)25,12(23)10(19)9-11(21)22)20-14(26)27-16(4,5)6/h10H,9,19H2,1-8H3,(H,20,26)(H,21,22)(H,24,25)/t10-,18+/m1/s1. The van der Waals surface area contributed by atoms with Crippen LogP contribution in [-0.2, 0) is 19.1 Å². The van der Waals surface area contributed by atoms with Crippen LogP contribution in [0.2, 0.25) is 0 Å². The lowest BCUT2D eigenvalue weighted by atomic mass is 9.56. The average Bonchev–Trinajstić information content (AvgIpc) is 2.39. The van der Waals surface area contributed by atoms with Crippen LogP contribution < -0.4 is 11.1 Å². The molecule has 5 N–H and O–H groups in total. The van der Waals surface area contributed by atoms with Gasteiger partial charge in [-0.25, -0.2) is 9.59 Å². The van der Waals surface area contributed by atoms with Crippen molar-refractivity contribution >= 4 is 23.8 Å². The first-order valence-corrected chi connectivity index (χ1v) is 8.56. The summed E-state index contributed by atoms with van der Waals surface area (Å²) in [5, 5.41) is 21.2. The van der Waals surface area contributed by atoms with E-state index < -0.39 is 58.2 Å². The Morgan fingerprint density at radius 1 is 0.963 bits per heavy atom. The average molecular weight is 388 g/mol. The molecule has 0 rings (SSSR count). The van der Waals surface area contributed by atoms with Crippen LogP contribution in [0.1, 0.15) is 61.8 Å². The Hall–Kier alpha value is -2.16. The Labute approximate surface area is 159 Å². The fourth-order valence-corrected chi connectivity index (χ4v) is 2.53. The van der Waals surface area contributed by atoms with E-state index in [1.54, 1.807) is 41.5 Å². The molecule has 0 aliphatic heterocycles. The molecule has 0 aliphatic rings. The first-order valence-electron chi connectivity index (χ1n) is 8.56. The van der Waals surface area contributed by atoms with Crippen LogP contribution in [0.25, 0.3) is 0 Å². The number of ether oxygens (including phenoxy) is 1. The van der Waals surface area contributed by atoms with E-state index in [1.807, 2.05) is 0 Å². The number of hydrogen-bond acceptors (Lipinski definition) is 6. The van der Waals surface area contributed by atoms with Gasteiger partial charge in [0.2, 0.25) is 5.54 Å². The molecule has 0 radical (unpaired) electrons. The summed E-state index contributed by atoms with van der Waals surface area (Å²) in [5.41, 5.74) is 0.106. The molecule has 9 nitrogen and oxygen atoms in total. The Morgan fingerprint density at radius 3 is 1.70 bits per heavy atom. The highest BCUT2D eigenvalue weighted by molar-refractivity contribution is 6.13. The summed E-state index contributed by atoms with van der Waals surface area (Å²) in [6.45, 7) is 12.9. The monoisotopic (exact) mass is 388 g/mol. The summed E-state index contributed by atoms with van der Waals surface area (Å²) in [6.07, 6.45) is -1.89. The number of Topliss-reactive ketones (excluding diaryl/α,β-unsaturated/α-hetero) is 1. The third-order valence-corrected chi connectivity index (χ3v) is 4.92. The first kappa shape index (κ1) is 24.8. The third-order valence-electron chi connectivity index (χ3n) is 4.92. The highest BCUT2D eigenvalue weighted by Gasteiger charge is 2.63. The molecule has 0 fully saturated rings. The van der Waals surface area contributed by atoms with E-state index in [0.717, 1.165) is 0 Å². The number of nitrogens with two attached hydrogens (primary N) is 1. The van der Waals surface area contributed by atoms with Gasteiger partial charge >= 0.3 is 18.0 Å². The zero-order valence-corrected chi connectivity index (χ0v) is 17.3. The largest absolute Gasteiger partial charge is 0.481 e. The number of alkyl carbamates (subject to hydrolysis) is 1. The van der Waals surface area contributed by atoms with Gasteiger partial charge in [0, 0.05) is 5.41 Å². The van der Waals surface area contributed by atoms with Gasteiger partial charge < -0.3 is 20.7 Å². The Morgan fingerprint density at radius 2 is 1.41 bits per heavy atom. The van der Waals surface area contributed by atoms with E-state index in [-0.39, 0.29) is 0 Å². The van der Waals surface area contributed by atoms with E-state index in [1.165, 1.54) is 13.8 Å². The summed E-state index contributed by atoms with van der Waals surface area (Å²) < 4.78 is 5.14. The number of carboxylic acid groups (broad SMARTS) is 2. The van der Waals surface area contributed by atoms with Gasteiger partial charge in [0.1, 0.15) is 5.60 Å². The van der Waals surface area contributed by atoms with E-state index in [9.17, 15) is 24.3 Å². The molecule has 1 amide bonds. The molecule has 156 valence electrons. The van der Waals surface area contributed by atoms with Gasteiger partial charge in [-0.15, -0.1) is 0 Å². The predicted octanol–water partition coefficient (Wildman–Crippen LogP) is 1.78. The zero-order chi connectivity index (χ0) is 22.0. The van der Waals surface area contributed by atoms with Crippen LogP contribution in [0.4, 0.5) is 4.79 Å². The highest BCUT2D eigenvalue weighted by atomic mass is 16.6. The predicted molar refractivity (Wildman–Crippen MR) is 98.2 cm³/mol. The van der Waals surface area contributed by atoms with Crippen LogP contribution in [0, 0.1) is 10.8 Å². The molecule has 0 spiro atoms. The normalized spacial score (nSPS) is 16.0. The first-order chi connectivity index (χ1) is 11.8. The molecule has 0 aromatic carbocycles. The summed E-state index contributed by atoms with van der Waals surface area (Å²) in [7, 11) is 0. The highest BCUT2D eigenvalue weighted by Crippen LogP contribution is 2.47. The summed E-state index contributed by atoms with van der Waals surface area (Å²) in [4.78, 5) is 48.8. The minimum absolute atomic E-state index is 0.774. The maximum Gasteiger partial charge on any atom is 0.408 e. The number of carbonyl (C=O) groups excluding carboxylic acids is 2. The number of amides is 1. The maximum atomic E-state index is 13.1. The van der Waals surface area contributed by atoms with Crippen molar-refractivity contribution < 1.29 is 34.1 Å². The minimum Gasteiger partial charge on any atom is -0.481 e. The second-order valence-corrected chi connectivity index (χ2v) is 9.13. The fraction of sp³-hybridized carbons (Fsp3) is 0.778. The van der Waals surface area contributed by atoms with Crippen molar-refractivity contribution in [3.63, 3.8) is 0 Å². The van der Waals surface area contributed by atoms with Crippen molar-refractivity contribution in [3.05, 3.63) is 0 Å². The Balaban J connectivity index is 6.49. The molecule has 0 heterocycles. The second kappa shape index (κ2) is 7.84. The van der Waals surface area contributed by atoms with Crippen LogP contribution in [0.5, 0.6) is 0 Å². The number of ketones is 1. The molecule has 0 aromatic heterocycles. The second-order valence-electron chi connectivity index (χ2n) is 9.13. The van der Waals surface area contributed by atoms with Crippen LogP contribution in [-0.4, -0.2) is 51.2 Å². The van der Waals surface area contributed by atoms with Crippen molar-refractivity contribution in [1.82, 2.24) is 5.32 Å². The molecule has 0 saturated carbocycles. The van der Waals surface area contributed by atoms with Crippen molar-refractivity contribution in [2.75, 3.05) is 0 Å². The smallest absolute Gasteiger partial charge is 0.408 e. The van der Waals surface area contributed by atoms with Gasteiger partial charge in [-0.2, -0.15) is 0 Å². The van der Waals surface area contributed by atoms with Crippen LogP contribution >= 0.6 is 0 Å². The number of aliphatic carboxylic acids is 2. The SMILES string of the molecule is CC(C)(C)OC(=O)N[C@](C(=O)O)(C(=O)[C@H](N)CC(=O)O)C(C)(C)C(C)(C)C. The van der Waals surface area contributed by atoms with Crippen molar-refractivity contribution in [2.45, 2.75) is 79.0 Å². The minimum atomic E-state index is -2.50. The van der Waals surface area contributed by atoms with Crippen LogP contribution in [0.15, 0.2) is 0 Å². The number of rotatable bonds is 7. The molecule has 0 bridgehead atoms. The van der Waals surface area contributed by atoms with Gasteiger partial charge in [-0.05, 0) is 26.2 Å². The van der Waals surface area contributed by atoms with Crippen LogP contribution in [0.3, 0.4) is 0 Å². The van der Waals surface area contributed by atoms with Gasteiger partial charge in [0.25, 0.3) is 0 Å². The number of nitrogens with one attached hydrogen (secondary N) is 1. The van der Waals surface area contributed by atoms with E-state index in [0.29, 0.717) is 0 Å². The van der Waals surface area contributed by atoms with Gasteiger partial charge in [-0.1, -0.05) is 34.6 Å². The van der Waals surface area contributed by atoms with Crippen molar-refractivity contribution in [2.24, 2.45) is 16.6 Å². The Bertz CT molecular complexity index is 614. The molecule has 0 aliphatic carbocycles. The lowest BCUT2D eigenvalue weighted by molar-refractivity contribution is -0.163. The van der Waals surface area contributed by atoms with Crippen molar-refractivity contribution in [3.8, 4) is 0 Å². The molecule has 2 atom stereocenters. The number of hydrogen-bond donors (Lipinski definition) is 4. The fourth-order valence-electron chi connectivity index (χ4n) is 2.53. The molecule has 0 unspecified atom stereocenters. The van der Waals surface area contributed by atoms with E-state index >= 15 is 0 Å². The van der Waals surface area contributed by atoms with E-state index in [4.69, 9.17) is 15.6 Å². The summed E-state index contributed by atoms with van der Waals surface area (Å²) in [5.74, 6) is -4.11. The molecular weight excluding hydrogens is 356 g/mol. The number of carbonyl (C=O) groups is 4.